The molecule has 0 atom stereocenters. The van der Waals surface area contributed by atoms with Gasteiger partial charge in [-0.25, -0.2) is 0 Å². The molecule has 18 heavy (non-hydrogen) atoms. The zero-order valence-electron chi connectivity index (χ0n) is 10.4. The molecule has 2 N–H and O–H groups in total. The molecule has 0 unspecified atom stereocenters. The molecule has 1 aromatic carbocycles. The topological polar surface area (TPSA) is 38.5 Å². The standard InChI is InChI=1S/C12H17F3N2O/c1-3-18-11-8-9(4-5-10(11)16)17(2)7-6-12(13,14)15/h4-5,8H,3,6-7,16H2,1-2H3. The second-order valence-electron chi connectivity index (χ2n) is 3.94. The maximum Gasteiger partial charge on any atom is 0.390 e. The van der Waals surface area contributed by atoms with Gasteiger partial charge in [-0.2, -0.15) is 13.2 Å². The van der Waals surface area contributed by atoms with Gasteiger partial charge in [0.1, 0.15) is 5.75 Å². The molecule has 6 heteroatoms. The van der Waals surface area contributed by atoms with E-state index in [0.717, 1.165) is 0 Å². The van der Waals surface area contributed by atoms with Crippen LogP contribution in [0, 0.1) is 0 Å². The monoisotopic (exact) mass is 262 g/mol. The molecule has 102 valence electrons. The van der Waals surface area contributed by atoms with Gasteiger partial charge in [0.05, 0.1) is 18.7 Å². The Labute approximate surface area is 104 Å². The number of alkyl halides is 3. The van der Waals surface area contributed by atoms with Crippen LogP contribution in [0.25, 0.3) is 0 Å². The minimum Gasteiger partial charge on any atom is -0.492 e. The van der Waals surface area contributed by atoms with Crippen molar-refractivity contribution in [3.8, 4) is 5.75 Å². The lowest BCUT2D eigenvalue weighted by Gasteiger charge is -2.21. The quantitative estimate of drug-likeness (QED) is 0.829. The van der Waals surface area contributed by atoms with Crippen molar-refractivity contribution in [3.63, 3.8) is 0 Å². The van der Waals surface area contributed by atoms with Gasteiger partial charge in [-0.3, -0.25) is 0 Å². The second-order valence-corrected chi connectivity index (χ2v) is 3.94. The zero-order chi connectivity index (χ0) is 13.8. The largest absolute Gasteiger partial charge is 0.492 e. The first-order chi connectivity index (χ1) is 8.33. The summed E-state index contributed by atoms with van der Waals surface area (Å²) in [5, 5.41) is 0. The molecule has 0 amide bonds. The minimum atomic E-state index is -4.15. The van der Waals surface area contributed by atoms with E-state index in [2.05, 4.69) is 0 Å². The predicted molar refractivity (Wildman–Crippen MR) is 66.0 cm³/mol. The normalized spacial score (nSPS) is 11.4. The van der Waals surface area contributed by atoms with Crippen molar-refractivity contribution in [1.29, 1.82) is 0 Å². The second kappa shape index (κ2) is 5.84. The third kappa shape index (κ3) is 4.35. The molecule has 0 radical (unpaired) electrons. The van der Waals surface area contributed by atoms with Gasteiger partial charge in [0.25, 0.3) is 0 Å². The van der Waals surface area contributed by atoms with E-state index in [1.54, 1.807) is 25.2 Å². The molecular weight excluding hydrogens is 245 g/mol. The van der Waals surface area contributed by atoms with Crippen LogP contribution < -0.4 is 15.4 Å². The Morgan fingerprint density at radius 2 is 2.00 bits per heavy atom. The van der Waals surface area contributed by atoms with Crippen molar-refractivity contribution in [1.82, 2.24) is 0 Å². The molecule has 1 rings (SSSR count). The smallest absolute Gasteiger partial charge is 0.390 e. The highest BCUT2D eigenvalue weighted by Crippen LogP contribution is 2.28. The van der Waals surface area contributed by atoms with Crippen molar-refractivity contribution in [3.05, 3.63) is 18.2 Å². The highest BCUT2D eigenvalue weighted by molar-refractivity contribution is 5.62. The average Bonchev–Trinajstić information content (AvgIpc) is 2.28. The number of nitrogens with zero attached hydrogens (tertiary/aromatic N) is 1. The number of hydrogen-bond donors (Lipinski definition) is 1. The van der Waals surface area contributed by atoms with Gasteiger partial charge in [0.15, 0.2) is 0 Å². The molecule has 0 aliphatic rings. The van der Waals surface area contributed by atoms with Crippen molar-refractivity contribution in [2.24, 2.45) is 0 Å². The van der Waals surface area contributed by atoms with E-state index < -0.39 is 12.6 Å². The summed E-state index contributed by atoms with van der Waals surface area (Å²) in [5.74, 6) is 0.494. The molecule has 0 bridgehead atoms. The van der Waals surface area contributed by atoms with Crippen molar-refractivity contribution in [2.45, 2.75) is 19.5 Å². The number of nitrogens with two attached hydrogens (primary N) is 1. The van der Waals surface area contributed by atoms with Crippen molar-refractivity contribution >= 4 is 11.4 Å². The molecule has 0 aliphatic heterocycles. The maximum absolute atomic E-state index is 12.1. The molecule has 0 aliphatic carbocycles. The molecule has 0 spiro atoms. The van der Waals surface area contributed by atoms with E-state index in [1.165, 1.54) is 4.90 Å². The first-order valence-corrected chi connectivity index (χ1v) is 5.63. The van der Waals surface area contributed by atoms with Gasteiger partial charge in [-0.05, 0) is 19.1 Å². The molecule has 1 aromatic rings. The molecule has 0 saturated heterocycles. The highest BCUT2D eigenvalue weighted by Gasteiger charge is 2.27. The summed E-state index contributed by atoms with van der Waals surface area (Å²) in [6, 6.07) is 4.95. The number of hydrogen-bond acceptors (Lipinski definition) is 3. The van der Waals surface area contributed by atoms with Gasteiger partial charge in [0.2, 0.25) is 0 Å². The zero-order valence-corrected chi connectivity index (χ0v) is 10.4. The fourth-order valence-corrected chi connectivity index (χ4v) is 1.46. The lowest BCUT2D eigenvalue weighted by molar-refractivity contribution is -0.132. The third-order valence-electron chi connectivity index (χ3n) is 2.47. The number of nitrogen functional groups attached to an aromatic ring is 1. The average molecular weight is 262 g/mol. The summed E-state index contributed by atoms with van der Waals surface area (Å²) in [6.45, 7) is 2.18. The fraction of sp³-hybridized carbons (Fsp3) is 0.500. The molecule has 0 fully saturated rings. The van der Waals surface area contributed by atoms with E-state index in [0.29, 0.717) is 23.7 Å². The highest BCUT2D eigenvalue weighted by atomic mass is 19.4. The molecule has 0 heterocycles. The van der Waals surface area contributed by atoms with Gasteiger partial charge in [-0.1, -0.05) is 0 Å². The van der Waals surface area contributed by atoms with Crippen LogP contribution in [0.5, 0.6) is 5.75 Å². The summed E-state index contributed by atoms with van der Waals surface area (Å²) in [7, 11) is 1.60. The van der Waals surface area contributed by atoms with Gasteiger partial charge < -0.3 is 15.4 Å². The summed E-state index contributed by atoms with van der Waals surface area (Å²) < 4.78 is 41.7. The Hall–Kier alpha value is -1.59. The summed E-state index contributed by atoms with van der Waals surface area (Å²) in [4.78, 5) is 1.52. The van der Waals surface area contributed by atoms with E-state index >= 15 is 0 Å². The maximum atomic E-state index is 12.1. The number of anilines is 2. The van der Waals surface area contributed by atoms with Crippen LogP contribution in [0.2, 0.25) is 0 Å². The Bertz CT molecular complexity index is 393. The Balaban J connectivity index is 2.73. The molecule has 0 aromatic heterocycles. The SMILES string of the molecule is CCOc1cc(N(C)CCC(F)(F)F)ccc1N. The van der Waals surface area contributed by atoms with Crippen LogP contribution in [-0.4, -0.2) is 26.4 Å². The van der Waals surface area contributed by atoms with E-state index in [4.69, 9.17) is 10.5 Å². The molecule has 0 saturated carbocycles. The summed E-state index contributed by atoms with van der Waals surface area (Å²) in [6.07, 6.45) is -5.00. The van der Waals surface area contributed by atoms with Crippen molar-refractivity contribution in [2.75, 3.05) is 30.8 Å². The summed E-state index contributed by atoms with van der Waals surface area (Å²) >= 11 is 0. The lowest BCUT2D eigenvalue weighted by atomic mass is 10.2. The number of halogens is 3. The van der Waals surface area contributed by atoms with Crippen LogP contribution >= 0.6 is 0 Å². The Morgan fingerprint density at radius 1 is 1.33 bits per heavy atom. The third-order valence-corrected chi connectivity index (χ3v) is 2.47. The van der Waals surface area contributed by atoms with Crippen LogP contribution in [0.15, 0.2) is 18.2 Å². The fourth-order valence-electron chi connectivity index (χ4n) is 1.46. The molecular formula is C12H17F3N2O. The number of ether oxygens (including phenoxy) is 1. The number of rotatable bonds is 5. The Kier molecular flexibility index (Phi) is 4.69. The Morgan fingerprint density at radius 3 is 2.56 bits per heavy atom. The van der Waals surface area contributed by atoms with E-state index in [1.807, 2.05) is 6.92 Å². The van der Waals surface area contributed by atoms with Crippen LogP contribution in [0.4, 0.5) is 24.5 Å². The van der Waals surface area contributed by atoms with Crippen molar-refractivity contribution < 1.29 is 17.9 Å². The van der Waals surface area contributed by atoms with Crippen LogP contribution in [0.1, 0.15) is 13.3 Å². The summed E-state index contributed by atoms with van der Waals surface area (Å²) in [5.41, 5.74) is 6.82. The molecule has 3 nitrogen and oxygen atoms in total. The van der Waals surface area contributed by atoms with Gasteiger partial charge in [-0.15, -0.1) is 0 Å². The van der Waals surface area contributed by atoms with Crippen LogP contribution in [-0.2, 0) is 0 Å². The first-order valence-electron chi connectivity index (χ1n) is 5.63. The lowest BCUT2D eigenvalue weighted by Crippen LogP contribution is -2.24. The predicted octanol–water partition coefficient (Wildman–Crippen LogP) is 3.06. The van der Waals surface area contributed by atoms with E-state index in [9.17, 15) is 13.2 Å². The van der Waals surface area contributed by atoms with E-state index in [-0.39, 0.29) is 6.54 Å². The van der Waals surface area contributed by atoms with Crippen LogP contribution in [0.3, 0.4) is 0 Å². The van der Waals surface area contributed by atoms with Gasteiger partial charge >= 0.3 is 6.18 Å². The first kappa shape index (κ1) is 14.5. The minimum absolute atomic E-state index is 0.0982. The number of benzene rings is 1. The van der Waals surface area contributed by atoms with Gasteiger partial charge in [0, 0.05) is 25.3 Å².